The molecule has 0 radical (unpaired) electrons. The van der Waals surface area contributed by atoms with Gasteiger partial charge in [-0.15, -0.1) is 0 Å². The zero-order valence-corrected chi connectivity index (χ0v) is 13.4. The zero-order chi connectivity index (χ0) is 14.9. The van der Waals surface area contributed by atoms with Gasteiger partial charge in [-0.3, -0.25) is 4.79 Å². The monoisotopic (exact) mass is 307 g/mol. The maximum atomic E-state index is 12.6. The lowest BCUT2D eigenvalue weighted by molar-refractivity contribution is -0.114. The van der Waals surface area contributed by atoms with Crippen molar-refractivity contribution in [3.05, 3.63) is 23.1 Å². The second kappa shape index (κ2) is 4.07. The summed E-state index contributed by atoms with van der Waals surface area (Å²) in [4.78, 5) is 12.6. The van der Waals surface area contributed by atoms with Crippen LogP contribution in [0.5, 0.6) is 0 Å². The van der Waals surface area contributed by atoms with Crippen molar-refractivity contribution in [1.82, 2.24) is 5.32 Å². The number of carbonyl (C=O) groups excluding carboxylic acids is 1. The molecule has 114 valence electrons. The van der Waals surface area contributed by atoms with Gasteiger partial charge >= 0.3 is 0 Å². The lowest BCUT2D eigenvalue weighted by Crippen LogP contribution is -2.65. The van der Waals surface area contributed by atoms with Crippen molar-refractivity contribution >= 4 is 17.5 Å². The summed E-state index contributed by atoms with van der Waals surface area (Å²) < 4.78 is 5.05. The van der Waals surface area contributed by atoms with E-state index < -0.39 is 0 Å². The third-order valence-corrected chi connectivity index (χ3v) is 6.16. The summed E-state index contributed by atoms with van der Waals surface area (Å²) in [6.07, 6.45) is 8.76. The Labute approximate surface area is 130 Å². The summed E-state index contributed by atoms with van der Waals surface area (Å²) in [5, 5.41) is 3.52. The Kier molecular flexibility index (Phi) is 2.65. The first-order valence-corrected chi connectivity index (χ1v) is 8.24. The average molecular weight is 308 g/mol. The molecule has 4 fully saturated rings. The highest BCUT2D eigenvalue weighted by molar-refractivity contribution is 6.32. The van der Waals surface area contributed by atoms with Crippen LogP contribution < -0.4 is 5.32 Å². The minimum Gasteiger partial charge on any atom is -0.452 e. The Morgan fingerprint density at radius 2 is 1.90 bits per heavy atom. The highest BCUT2D eigenvalue weighted by atomic mass is 35.5. The molecule has 0 spiro atoms. The number of furan rings is 1. The maximum Gasteiger partial charge on any atom is 0.256 e. The Bertz CT molecular complexity index is 590. The van der Waals surface area contributed by atoms with Gasteiger partial charge in [-0.05, 0) is 72.9 Å². The fourth-order valence-electron chi connectivity index (χ4n) is 6.35. The molecular formula is C17H22ClNO2. The van der Waals surface area contributed by atoms with Gasteiger partial charge in [0, 0.05) is 5.54 Å². The van der Waals surface area contributed by atoms with Crippen LogP contribution in [0, 0.1) is 16.7 Å². The summed E-state index contributed by atoms with van der Waals surface area (Å²) in [7, 11) is 0. The molecule has 4 heteroatoms. The summed E-state index contributed by atoms with van der Waals surface area (Å²) >= 11 is 5.95. The fraction of sp³-hybridized carbons (Fsp3) is 0.706. The van der Waals surface area contributed by atoms with Gasteiger partial charge in [-0.1, -0.05) is 13.8 Å². The zero-order valence-electron chi connectivity index (χ0n) is 12.7. The highest BCUT2D eigenvalue weighted by Gasteiger charge is 2.60. The van der Waals surface area contributed by atoms with Gasteiger partial charge in [0.15, 0.2) is 0 Å². The van der Waals surface area contributed by atoms with E-state index in [0.29, 0.717) is 16.4 Å². The second-order valence-electron chi connectivity index (χ2n) is 8.47. The van der Waals surface area contributed by atoms with E-state index in [1.54, 1.807) is 6.07 Å². The minimum atomic E-state index is -0.0806. The van der Waals surface area contributed by atoms with Gasteiger partial charge in [0.25, 0.3) is 5.91 Å². The maximum absolute atomic E-state index is 12.6. The minimum absolute atomic E-state index is 0.0411. The van der Waals surface area contributed by atoms with Crippen molar-refractivity contribution < 1.29 is 9.21 Å². The molecule has 2 atom stereocenters. The van der Waals surface area contributed by atoms with Crippen molar-refractivity contribution in [1.29, 1.82) is 0 Å². The Morgan fingerprint density at radius 1 is 1.24 bits per heavy atom. The quantitative estimate of drug-likeness (QED) is 0.879. The number of carbonyl (C=O) groups is 1. The van der Waals surface area contributed by atoms with Crippen molar-refractivity contribution in [3.8, 4) is 0 Å². The normalized spacial score (nSPS) is 44.0. The molecule has 1 aromatic heterocycles. The van der Waals surface area contributed by atoms with Crippen LogP contribution in [0.4, 0.5) is 0 Å². The summed E-state index contributed by atoms with van der Waals surface area (Å²) in [5.41, 5.74) is 1.20. The molecule has 2 unspecified atom stereocenters. The number of amides is 1. The SMILES string of the molecule is CC12CC3CC(C)(C1)CC(NC(=O)c1ccoc1Cl)(C3)C2. The molecule has 1 N–H and O–H groups in total. The van der Waals surface area contributed by atoms with Crippen LogP contribution in [0.1, 0.15) is 62.7 Å². The van der Waals surface area contributed by atoms with Gasteiger partial charge in [0.2, 0.25) is 5.22 Å². The van der Waals surface area contributed by atoms with Crippen molar-refractivity contribution in [2.45, 2.75) is 57.9 Å². The average Bonchev–Trinajstić information content (AvgIpc) is 2.69. The van der Waals surface area contributed by atoms with Crippen LogP contribution in [0.2, 0.25) is 5.22 Å². The van der Waals surface area contributed by atoms with Crippen LogP contribution in [-0.4, -0.2) is 11.4 Å². The van der Waals surface area contributed by atoms with E-state index in [2.05, 4.69) is 19.2 Å². The van der Waals surface area contributed by atoms with Crippen molar-refractivity contribution in [2.24, 2.45) is 16.7 Å². The predicted octanol–water partition coefficient (Wildman–Crippen LogP) is 4.41. The van der Waals surface area contributed by atoms with E-state index in [0.717, 1.165) is 25.2 Å². The Morgan fingerprint density at radius 3 is 2.43 bits per heavy atom. The summed E-state index contributed by atoms with van der Waals surface area (Å²) in [6.45, 7) is 4.81. The number of rotatable bonds is 2. The Balaban J connectivity index is 1.63. The number of hydrogen-bond acceptors (Lipinski definition) is 2. The molecule has 5 rings (SSSR count). The first kappa shape index (κ1) is 13.7. The first-order valence-electron chi connectivity index (χ1n) is 7.86. The summed E-state index contributed by atoms with van der Waals surface area (Å²) in [6, 6.07) is 1.65. The molecular weight excluding hydrogens is 286 g/mol. The topological polar surface area (TPSA) is 42.2 Å². The number of halogens is 1. The molecule has 21 heavy (non-hydrogen) atoms. The molecule has 1 aromatic rings. The van der Waals surface area contributed by atoms with Crippen LogP contribution in [0.15, 0.2) is 16.7 Å². The second-order valence-corrected chi connectivity index (χ2v) is 8.82. The number of hydrogen-bond donors (Lipinski definition) is 1. The Hall–Kier alpha value is -0.960. The molecule has 0 aromatic carbocycles. The van der Waals surface area contributed by atoms with E-state index in [1.165, 1.54) is 25.5 Å². The molecule has 4 bridgehead atoms. The van der Waals surface area contributed by atoms with Crippen LogP contribution in [-0.2, 0) is 0 Å². The van der Waals surface area contributed by atoms with Gasteiger partial charge in [0.05, 0.1) is 11.8 Å². The lowest BCUT2D eigenvalue weighted by Gasteiger charge is -2.65. The first-order chi connectivity index (χ1) is 9.81. The molecule has 1 amide bonds. The van der Waals surface area contributed by atoms with E-state index in [1.807, 2.05) is 0 Å². The van der Waals surface area contributed by atoms with E-state index in [4.69, 9.17) is 16.0 Å². The predicted molar refractivity (Wildman–Crippen MR) is 81.3 cm³/mol. The van der Waals surface area contributed by atoms with E-state index in [-0.39, 0.29) is 16.7 Å². The van der Waals surface area contributed by atoms with Crippen LogP contribution in [0.25, 0.3) is 0 Å². The number of nitrogens with one attached hydrogen (secondary N) is 1. The van der Waals surface area contributed by atoms with E-state index in [9.17, 15) is 4.79 Å². The molecule has 1 heterocycles. The lowest BCUT2D eigenvalue weighted by atomic mass is 9.43. The van der Waals surface area contributed by atoms with Gasteiger partial charge in [0.1, 0.15) is 0 Å². The molecule has 3 nitrogen and oxygen atoms in total. The fourth-order valence-corrected chi connectivity index (χ4v) is 6.55. The third-order valence-electron chi connectivity index (χ3n) is 5.87. The molecule has 4 aliphatic rings. The van der Waals surface area contributed by atoms with Gasteiger partial charge in [-0.2, -0.15) is 0 Å². The molecule has 4 saturated carbocycles. The van der Waals surface area contributed by atoms with E-state index >= 15 is 0 Å². The van der Waals surface area contributed by atoms with Crippen molar-refractivity contribution in [2.75, 3.05) is 0 Å². The standard InChI is InChI=1S/C17H22ClNO2/c1-15-5-11-6-16(2,8-15)10-17(7-11,9-15)19-14(20)12-3-4-21-13(12)18/h3-4,11H,5-10H2,1-2H3,(H,19,20). The van der Waals surface area contributed by atoms with Gasteiger partial charge in [-0.25, -0.2) is 0 Å². The molecule has 0 saturated heterocycles. The van der Waals surface area contributed by atoms with Gasteiger partial charge < -0.3 is 9.73 Å². The third kappa shape index (κ3) is 2.12. The smallest absolute Gasteiger partial charge is 0.256 e. The molecule has 0 aliphatic heterocycles. The molecule has 4 aliphatic carbocycles. The van der Waals surface area contributed by atoms with Crippen LogP contribution in [0.3, 0.4) is 0 Å². The summed E-state index contributed by atoms with van der Waals surface area (Å²) in [5.74, 6) is 0.680. The largest absolute Gasteiger partial charge is 0.452 e. The van der Waals surface area contributed by atoms with Crippen molar-refractivity contribution in [3.63, 3.8) is 0 Å². The highest BCUT2D eigenvalue weighted by Crippen LogP contribution is 2.66. The van der Waals surface area contributed by atoms with Crippen LogP contribution >= 0.6 is 11.6 Å².